The fraction of sp³-hybridized carbons (Fsp3) is 0.545. The predicted molar refractivity (Wildman–Crippen MR) is 58.5 cm³/mol. The summed E-state index contributed by atoms with van der Waals surface area (Å²) >= 11 is 0. The quantitative estimate of drug-likeness (QED) is 0.557. The number of amides is 4. The summed E-state index contributed by atoms with van der Waals surface area (Å²) in [6.07, 6.45) is 2.80. The van der Waals surface area contributed by atoms with Crippen LogP contribution >= 0.6 is 0 Å². The number of imide groups is 2. The smallest absolute Gasteiger partial charge is 0.277 e. The van der Waals surface area contributed by atoms with Gasteiger partial charge in [0.2, 0.25) is 11.8 Å². The Kier molecular flexibility index (Phi) is 3.47. The Morgan fingerprint density at radius 1 is 1.25 bits per heavy atom. The summed E-state index contributed by atoms with van der Waals surface area (Å²) in [5.41, 5.74) is -0.561. The molecule has 1 aliphatic heterocycles. The van der Waals surface area contributed by atoms with E-state index in [4.69, 9.17) is 0 Å². The van der Waals surface area contributed by atoms with E-state index in [0.717, 1.165) is 0 Å². The van der Waals surface area contributed by atoms with Gasteiger partial charge in [-0.3, -0.25) is 20.2 Å². The second-order valence-corrected chi connectivity index (χ2v) is 3.86. The zero-order chi connectivity index (χ0) is 12.3. The van der Waals surface area contributed by atoms with Gasteiger partial charge < -0.3 is 0 Å². The molecule has 0 aliphatic carbocycles. The number of rotatable bonds is 3. The van der Waals surface area contributed by atoms with Gasteiger partial charge in [-0.1, -0.05) is 25.0 Å². The molecule has 0 spiro atoms. The van der Waals surface area contributed by atoms with Crippen LogP contribution in [0.2, 0.25) is 0 Å². The van der Waals surface area contributed by atoms with Crippen molar-refractivity contribution in [1.29, 1.82) is 0 Å². The zero-order valence-corrected chi connectivity index (χ0v) is 9.72. The summed E-state index contributed by atoms with van der Waals surface area (Å²) in [7, 11) is 0. The van der Waals surface area contributed by atoms with Crippen molar-refractivity contribution in [3.63, 3.8) is 0 Å². The lowest BCUT2D eigenvalue weighted by molar-refractivity contribution is -0.142. The van der Waals surface area contributed by atoms with Crippen molar-refractivity contribution in [1.82, 2.24) is 10.6 Å². The van der Waals surface area contributed by atoms with Gasteiger partial charge in [-0.25, -0.2) is 4.79 Å². The highest BCUT2D eigenvalue weighted by atomic mass is 16.2. The van der Waals surface area contributed by atoms with Crippen molar-refractivity contribution >= 4 is 17.8 Å². The van der Waals surface area contributed by atoms with Gasteiger partial charge in [-0.05, 0) is 20.3 Å². The normalized spacial score (nSPS) is 20.4. The molecule has 0 aromatic rings. The van der Waals surface area contributed by atoms with Crippen LogP contribution in [0.1, 0.15) is 33.6 Å². The first-order chi connectivity index (χ1) is 7.48. The summed E-state index contributed by atoms with van der Waals surface area (Å²) in [5, 5.41) is 4.30. The highest BCUT2D eigenvalue weighted by Crippen LogP contribution is 2.34. The van der Waals surface area contributed by atoms with Gasteiger partial charge in [-0.2, -0.15) is 0 Å². The molecule has 1 saturated heterocycles. The first kappa shape index (κ1) is 12.4. The molecule has 1 heterocycles. The van der Waals surface area contributed by atoms with Gasteiger partial charge in [0, 0.05) is 0 Å². The Hall–Kier alpha value is -1.65. The minimum absolute atomic E-state index is 0.397. The van der Waals surface area contributed by atoms with E-state index in [-0.39, 0.29) is 0 Å². The zero-order valence-electron chi connectivity index (χ0n) is 9.72. The summed E-state index contributed by atoms with van der Waals surface area (Å²) in [5.74, 6) is -1.06. The minimum atomic E-state index is -1.22. The molecular formula is C11H16N2O3. The third kappa shape index (κ3) is 1.73. The number of allylic oxidation sites excluding steroid dienone is 1. The number of hydrogen-bond donors (Lipinski definition) is 2. The number of carbonyl (C=O) groups excluding carboxylic acids is 3. The molecule has 5 heteroatoms. The Morgan fingerprint density at radius 3 is 2.12 bits per heavy atom. The van der Waals surface area contributed by atoms with Crippen LogP contribution in [0.25, 0.3) is 0 Å². The number of carbonyl (C=O) groups is 3. The van der Waals surface area contributed by atoms with Crippen molar-refractivity contribution in [3.05, 3.63) is 11.6 Å². The first-order valence-electron chi connectivity index (χ1n) is 5.29. The van der Waals surface area contributed by atoms with Crippen LogP contribution in [0.3, 0.4) is 0 Å². The molecule has 1 aliphatic rings. The SMILES string of the molecule is C/C=C(/C)C1(CCC)C(=O)NC(=O)NC1=O. The molecule has 0 aromatic carbocycles. The average Bonchev–Trinajstić information content (AvgIpc) is 2.22. The topological polar surface area (TPSA) is 75.3 Å². The Labute approximate surface area is 94.3 Å². The van der Waals surface area contributed by atoms with Crippen molar-refractivity contribution in [3.8, 4) is 0 Å². The molecule has 2 N–H and O–H groups in total. The van der Waals surface area contributed by atoms with E-state index in [1.165, 1.54) is 0 Å². The molecule has 88 valence electrons. The Balaban J connectivity index is 3.22. The molecule has 0 bridgehead atoms. The summed E-state index contributed by atoms with van der Waals surface area (Å²) in [4.78, 5) is 34.8. The highest BCUT2D eigenvalue weighted by Gasteiger charge is 2.50. The molecule has 0 atom stereocenters. The van der Waals surface area contributed by atoms with Crippen molar-refractivity contribution in [2.24, 2.45) is 5.41 Å². The maximum Gasteiger partial charge on any atom is 0.328 e. The molecule has 1 rings (SSSR count). The third-order valence-corrected chi connectivity index (χ3v) is 2.96. The summed E-state index contributed by atoms with van der Waals surface area (Å²) in [6.45, 7) is 5.38. The van der Waals surface area contributed by atoms with Gasteiger partial charge in [0.1, 0.15) is 5.41 Å². The van der Waals surface area contributed by atoms with Gasteiger partial charge in [-0.15, -0.1) is 0 Å². The monoisotopic (exact) mass is 224 g/mol. The average molecular weight is 224 g/mol. The van der Waals surface area contributed by atoms with Crippen LogP contribution in [0.15, 0.2) is 11.6 Å². The van der Waals surface area contributed by atoms with E-state index in [9.17, 15) is 14.4 Å². The molecule has 0 unspecified atom stereocenters. The predicted octanol–water partition coefficient (Wildman–Crippen LogP) is 1.11. The number of nitrogens with one attached hydrogen (secondary N) is 2. The number of urea groups is 1. The van der Waals surface area contributed by atoms with E-state index in [1.807, 2.05) is 6.92 Å². The fourth-order valence-electron chi connectivity index (χ4n) is 1.96. The van der Waals surface area contributed by atoms with Gasteiger partial charge in [0.25, 0.3) is 0 Å². The molecule has 1 fully saturated rings. The lowest BCUT2D eigenvalue weighted by atomic mass is 9.74. The molecule has 0 radical (unpaired) electrons. The maximum absolute atomic E-state index is 11.9. The van der Waals surface area contributed by atoms with Crippen molar-refractivity contribution in [2.45, 2.75) is 33.6 Å². The Bertz CT molecular complexity index is 351. The lowest BCUT2D eigenvalue weighted by Gasteiger charge is -2.34. The van der Waals surface area contributed by atoms with Crippen LogP contribution in [0, 0.1) is 5.41 Å². The van der Waals surface area contributed by atoms with Gasteiger partial charge in [0.05, 0.1) is 0 Å². The molecular weight excluding hydrogens is 208 g/mol. The molecule has 16 heavy (non-hydrogen) atoms. The second-order valence-electron chi connectivity index (χ2n) is 3.86. The third-order valence-electron chi connectivity index (χ3n) is 2.96. The largest absolute Gasteiger partial charge is 0.328 e. The second kappa shape index (κ2) is 4.47. The van der Waals surface area contributed by atoms with Gasteiger partial charge >= 0.3 is 6.03 Å². The maximum atomic E-state index is 11.9. The van der Waals surface area contributed by atoms with E-state index < -0.39 is 23.3 Å². The van der Waals surface area contributed by atoms with E-state index in [0.29, 0.717) is 18.4 Å². The van der Waals surface area contributed by atoms with E-state index in [2.05, 4.69) is 10.6 Å². The minimum Gasteiger partial charge on any atom is -0.277 e. The van der Waals surface area contributed by atoms with Gasteiger partial charge in [0.15, 0.2) is 0 Å². The molecule has 0 aromatic heterocycles. The Morgan fingerprint density at radius 2 is 1.75 bits per heavy atom. The van der Waals surface area contributed by atoms with E-state index in [1.54, 1.807) is 19.9 Å². The van der Waals surface area contributed by atoms with E-state index >= 15 is 0 Å². The highest BCUT2D eigenvalue weighted by molar-refractivity contribution is 6.21. The number of hydrogen-bond acceptors (Lipinski definition) is 3. The van der Waals surface area contributed by atoms with Crippen LogP contribution < -0.4 is 10.6 Å². The molecule has 4 amide bonds. The van der Waals surface area contributed by atoms with Crippen molar-refractivity contribution < 1.29 is 14.4 Å². The first-order valence-corrected chi connectivity index (χ1v) is 5.29. The van der Waals surface area contributed by atoms with Crippen LogP contribution in [-0.2, 0) is 9.59 Å². The van der Waals surface area contributed by atoms with Crippen LogP contribution in [0.4, 0.5) is 4.79 Å². The number of barbiturate groups is 1. The van der Waals surface area contributed by atoms with Crippen LogP contribution in [-0.4, -0.2) is 17.8 Å². The lowest BCUT2D eigenvalue weighted by Crippen LogP contribution is -2.62. The summed E-state index contributed by atoms with van der Waals surface area (Å²) in [6, 6.07) is -0.745. The molecule has 0 saturated carbocycles. The van der Waals surface area contributed by atoms with Crippen LogP contribution in [0.5, 0.6) is 0 Å². The standard InChI is InChI=1S/C11H16N2O3/c1-4-6-11(7(3)5-2)8(14)12-10(16)13-9(11)15/h5H,4,6H2,1-3H3,(H2,12,13,14,15,16)/b7-5-. The fourth-order valence-corrected chi connectivity index (χ4v) is 1.96. The summed E-state index contributed by atoms with van der Waals surface area (Å²) < 4.78 is 0. The molecule has 5 nitrogen and oxygen atoms in total. The van der Waals surface area contributed by atoms with Crippen molar-refractivity contribution in [2.75, 3.05) is 0 Å².